The molecule has 0 aromatic heterocycles. The number of carbonyl (C=O) groups excluding carboxylic acids is 3. The molecule has 2 amide bonds. The number of likely N-dealkylation sites (tertiary alicyclic amines) is 1. The first-order valence-corrected chi connectivity index (χ1v) is 8.47. The number of Topliss-reactive ketones (excluding diaryl/α,β-unsaturated/α-hetero) is 1. The van der Waals surface area contributed by atoms with E-state index in [1.54, 1.807) is 29.2 Å². The van der Waals surface area contributed by atoms with E-state index in [1.807, 2.05) is 6.92 Å². The zero-order valence-corrected chi connectivity index (χ0v) is 13.8. The minimum Gasteiger partial charge on any atom is -0.490 e. The molecular weight excluding hydrogens is 308 g/mol. The number of nitrogens with zero attached hydrogens (tertiary/aromatic N) is 1. The number of nitrogens with one attached hydrogen (secondary N) is 1. The average molecular weight is 330 g/mol. The number of carbonyl (C=O) groups is 3. The summed E-state index contributed by atoms with van der Waals surface area (Å²) in [5.74, 6) is 0.147. The van der Waals surface area contributed by atoms with Gasteiger partial charge < -0.3 is 15.0 Å². The van der Waals surface area contributed by atoms with E-state index in [2.05, 4.69) is 5.32 Å². The first kappa shape index (κ1) is 16.5. The summed E-state index contributed by atoms with van der Waals surface area (Å²) in [6, 6.07) is 5.84. The quantitative estimate of drug-likeness (QED) is 0.908. The zero-order valence-electron chi connectivity index (χ0n) is 13.8. The molecule has 24 heavy (non-hydrogen) atoms. The van der Waals surface area contributed by atoms with Crippen LogP contribution in [0, 0.1) is 0 Å². The van der Waals surface area contributed by atoms with Gasteiger partial charge in [-0.1, -0.05) is 19.1 Å². The smallest absolute Gasteiger partial charge is 0.243 e. The Kier molecular flexibility index (Phi) is 4.83. The standard InChI is InChI=1S/C18H22N2O4/c1-2-6-16(21)20-10-5-8-14(20)18(23)19-13-11-24-15-9-4-3-7-12(15)17(13)22/h3-4,7,9,13-14H,2,5-6,8,10-11H2,1H3,(H,19,23)/t13-,14-/m1/s1. The first-order valence-electron chi connectivity index (χ1n) is 8.47. The van der Waals surface area contributed by atoms with Crippen LogP contribution < -0.4 is 10.1 Å². The fourth-order valence-corrected chi connectivity index (χ4v) is 3.30. The summed E-state index contributed by atoms with van der Waals surface area (Å²) in [5.41, 5.74) is 0.486. The third-order valence-electron chi connectivity index (χ3n) is 4.53. The molecule has 0 bridgehead atoms. The molecule has 128 valence electrons. The lowest BCUT2D eigenvalue weighted by Gasteiger charge is -2.28. The molecule has 0 aliphatic carbocycles. The maximum absolute atomic E-state index is 12.6. The molecule has 2 heterocycles. The molecule has 0 unspecified atom stereocenters. The number of benzene rings is 1. The van der Waals surface area contributed by atoms with Gasteiger partial charge >= 0.3 is 0 Å². The van der Waals surface area contributed by atoms with Crippen molar-refractivity contribution in [3.8, 4) is 5.75 Å². The van der Waals surface area contributed by atoms with E-state index >= 15 is 0 Å². The zero-order chi connectivity index (χ0) is 17.1. The van der Waals surface area contributed by atoms with Gasteiger partial charge in [0.1, 0.15) is 24.4 Å². The maximum atomic E-state index is 12.6. The highest BCUT2D eigenvalue weighted by Crippen LogP contribution is 2.25. The van der Waals surface area contributed by atoms with Crippen LogP contribution in [-0.4, -0.2) is 47.7 Å². The minimum atomic E-state index is -0.698. The number of fused-ring (bicyclic) bond motifs is 1. The fraction of sp³-hybridized carbons (Fsp3) is 0.500. The highest BCUT2D eigenvalue weighted by Gasteiger charge is 2.37. The third kappa shape index (κ3) is 3.13. The molecule has 1 fully saturated rings. The van der Waals surface area contributed by atoms with Crippen molar-refractivity contribution in [2.24, 2.45) is 0 Å². The Labute approximate surface area is 141 Å². The summed E-state index contributed by atoms with van der Waals surface area (Å²) >= 11 is 0. The van der Waals surface area contributed by atoms with E-state index < -0.39 is 12.1 Å². The van der Waals surface area contributed by atoms with Crippen LogP contribution in [0.4, 0.5) is 0 Å². The monoisotopic (exact) mass is 330 g/mol. The molecule has 0 spiro atoms. The Morgan fingerprint density at radius 2 is 2.12 bits per heavy atom. The molecule has 6 heteroatoms. The predicted molar refractivity (Wildman–Crippen MR) is 87.8 cm³/mol. The molecule has 3 rings (SSSR count). The molecule has 2 atom stereocenters. The summed E-state index contributed by atoms with van der Waals surface area (Å²) in [6.45, 7) is 2.67. The molecule has 1 N–H and O–H groups in total. The number of hydrogen-bond donors (Lipinski definition) is 1. The molecule has 2 aliphatic rings. The Bertz CT molecular complexity index is 658. The van der Waals surface area contributed by atoms with Crippen LogP contribution in [-0.2, 0) is 9.59 Å². The highest BCUT2D eigenvalue weighted by atomic mass is 16.5. The number of ketones is 1. The second-order valence-corrected chi connectivity index (χ2v) is 6.23. The number of para-hydroxylation sites is 1. The molecule has 1 saturated heterocycles. The SMILES string of the molecule is CCCC(=O)N1CCC[C@@H]1C(=O)N[C@@H]1COc2ccccc2C1=O. The summed E-state index contributed by atoms with van der Waals surface area (Å²) in [7, 11) is 0. The molecule has 1 aromatic rings. The van der Waals surface area contributed by atoms with Crippen LogP contribution in [0.3, 0.4) is 0 Å². The summed E-state index contributed by atoms with van der Waals surface area (Å²) in [6.07, 6.45) is 2.66. The fourth-order valence-electron chi connectivity index (χ4n) is 3.30. The van der Waals surface area contributed by atoms with Crippen molar-refractivity contribution in [2.45, 2.75) is 44.7 Å². The topological polar surface area (TPSA) is 75.7 Å². The van der Waals surface area contributed by atoms with Crippen molar-refractivity contribution in [1.82, 2.24) is 10.2 Å². The number of ether oxygens (including phenoxy) is 1. The van der Waals surface area contributed by atoms with Crippen LogP contribution in [0.2, 0.25) is 0 Å². The van der Waals surface area contributed by atoms with Crippen molar-refractivity contribution in [3.63, 3.8) is 0 Å². The van der Waals surface area contributed by atoms with Crippen molar-refractivity contribution in [1.29, 1.82) is 0 Å². The largest absolute Gasteiger partial charge is 0.490 e. The summed E-state index contributed by atoms with van der Waals surface area (Å²) in [4.78, 5) is 38.9. The lowest BCUT2D eigenvalue weighted by atomic mass is 10.0. The van der Waals surface area contributed by atoms with Gasteiger partial charge in [0.2, 0.25) is 11.8 Å². The molecule has 1 aromatic carbocycles. The van der Waals surface area contributed by atoms with E-state index in [0.29, 0.717) is 30.7 Å². The van der Waals surface area contributed by atoms with E-state index in [1.165, 1.54) is 0 Å². The summed E-state index contributed by atoms with van der Waals surface area (Å²) < 4.78 is 5.57. The Morgan fingerprint density at radius 3 is 2.92 bits per heavy atom. The van der Waals surface area contributed by atoms with Crippen molar-refractivity contribution < 1.29 is 19.1 Å². The Balaban J connectivity index is 1.67. The molecule has 0 saturated carbocycles. The van der Waals surface area contributed by atoms with Crippen molar-refractivity contribution >= 4 is 17.6 Å². The number of rotatable bonds is 4. The lowest BCUT2D eigenvalue weighted by molar-refractivity contribution is -0.138. The van der Waals surface area contributed by atoms with Crippen LogP contribution >= 0.6 is 0 Å². The van der Waals surface area contributed by atoms with E-state index in [9.17, 15) is 14.4 Å². The predicted octanol–water partition coefficient (Wildman–Crippen LogP) is 1.54. The van der Waals surface area contributed by atoms with Gasteiger partial charge in [-0.3, -0.25) is 14.4 Å². The van der Waals surface area contributed by atoms with Gasteiger partial charge in [-0.15, -0.1) is 0 Å². The molecular formula is C18H22N2O4. The lowest BCUT2D eigenvalue weighted by Crippen LogP contribution is -2.53. The Morgan fingerprint density at radius 1 is 1.33 bits per heavy atom. The van der Waals surface area contributed by atoms with E-state index in [-0.39, 0.29) is 24.2 Å². The average Bonchev–Trinajstić information content (AvgIpc) is 3.08. The van der Waals surface area contributed by atoms with Crippen LogP contribution in [0.5, 0.6) is 5.75 Å². The number of amides is 2. The highest BCUT2D eigenvalue weighted by molar-refractivity contribution is 6.05. The van der Waals surface area contributed by atoms with Gasteiger partial charge in [-0.05, 0) is 31.4 Å². The molecule has 0 radical (unpaired) electrons. The van der Waals surface area contributed by atoms with Crippen molar-refractivity contribution in [2.75, 3.05) is 13.2 Å². The first-order chi connectivity index (χ1) is 11.6. The van der Waals surface area contributed by atoms with Crippen molar-refractivity contribution in [3.05, 3.63) is 29.8 Å². The number of hydrogen-bond acceptors (Lipinski definition) is 4. The second-order valence-electron chi connectivity index (χ2n) is 6.23. The van der Waals surface area contributed by atoms with Gasteiger partial charge in [0.25, 0.3) is 0 Å². The molecule has 6 nitrogen and oxygen atoms in total. The van der Waals surface area contributed by atoms with Gasteiger partial charge in [-0.25, -0.2) is 0 Å². The normalized spacial score (nSPS) is 22.7. The van der Waals surface area contributed by atoms with Gasteiger partial charge in [-0.2, -0.15) is 0 Å². The summed E-state index contributed by atoms with van der Waals surface area (Å²) in [5, 5.41) is 2.77. The van der Waals surface area contributed by atoms with Crippen LogP contribution in [0.25, 0.3) is 0 Å². The Hall–Kier alpha value is -2.37. The second kappa shape index (κ2) is 7.03. The maximum Gasteiger partial charge on any atom is 0.243 e. The van der Waals surface area contributed by atoms with E-state index in [4.69, 9.17) is 4.74 Å². The third-order valence-corrected chi connectivity index (χ3v) is 4.53. The van der Waals surface area contributed by atoms with Gasteiger partial charge in [0.05, 0.1) is 5.56 Å². The van der Waals surface area contributed by atoms with Crippen LogP contribution in [0.1, 0.15) is 43.0 Å². The minimum absolute atomic E-state index is 0.00622. The van der Waals surface area contributed by atoms with E-state index in [0.717, 1.165) is 12.8 Å². The van der Waals surface area contributed by atoms with Gasteiger partial charge in [0.15, 0.2) is 5.78 Å². The molecule has 2 aliphatic heterocycles. The van der Waals surface area contributed by atoms with Crippen LogP contribution in [0.15, 0.2) is 24.3 Å². The van der Waals surface area contributed by atoms with Gasteiger partial charge in [0, 0.05) is 13.0 Å².